The Morgan fingerprint density at radius 1 is 1.33 bits per heavy atom. The molecule has 2 heteroatoms. The Kier molecular flexibility index (Phi) is 3.10. The number of benzene rings is 1. The van der Waals surface area contributed by atoms with Crippen molar-refractivity contribution in [2.24, 2.45) is 0 Å². The van der Waals surface area contributed by atoms with Gasteiger partial charge in [-0.05, 0) is 17.7 Å². The predicted octanol–water partition coefficient (Wildman–Crippen LogP) is 2.89. The van der Waals surface area contributed by atoms with Crippen LogP contribution in [-0.4, -0.2) is 18.7 Å². The van der Waals surface area contributed by atoms with Gasteiger partial charge in [-0.15, -0.1) is 0 Å². The summed E-state index contributed by atoms with van der Waals surface area (Å²) in [5.74, 6) is 0. The minimum atomic E-state index is 0.632. The fourth-order valence-corrected chi connectivity index (χ4v) is 1.46. The molecule has 0 bridgehead atoms. The van der Waals surface area contributed by atoms with Crippen LogP contribution in [0, 0.1) is 0 Å². The molecule has 0 aliphatic carbocycles. The molecule has 2 aromatic rings. The van der Waals surface area contributed by atoms with Crippen molar-refractivity contribution in [2.45, 2.75) is 0 Å². The van der Waals surface area contributed by atoms with Crippen LogP contribution >= 0.6 is 0 Å². The molecule has 0 fully saturated rings. The van der Waals surface area contributed by atoms with E-state index >= 15 is 0 Å². The van der Waals surface area contributed by atoms with Crippen LogP contribution in [0.25, 0.3) is 17.0 Å². The van der Waals surface area contributed by atoms with Crippen LogP contribution in [0.15, 0.2) is 42.6 Å². The van der Waals surface area contributed by atoms with Crippen LogP contribution in [0.5, 0.6) is 0 Å². The van der Waals surface area contributed by atoms with Gasteiger partial charge in [-0.1, -0.05) is 30.4 Å². The van der Waals surface area contributed by atoms with Crippen molar-refractivity contribution in [2.75, 3.05) is 13.7 Å². The minimum Gasteiger partial charge on any atom is -0.381 e. The van der Waals surface area contributed by atoms with Crippen molar-refractivity contribution in [1.82, 2.24) is 4.98 Å². The first-order valence-electron chi connectivity index (χ1n) is 4.90. The van der Waals surface area contributed by atoms with Gasteiger partial charge < -0.3 is 4.74 Å². The van der Waals surface area contributed by atoms with E-state index in [1.807, 2.05) is 36.5 Å². The summed E-state index contributed by atoms with van der Waals surface area (Å²) in [5, 5.41) is 1.16. The molecule has 1 aromatic heterocycles. The zero-order valence-corrected chi connectivity index (χ0v) is 8.68. The van der Waals surface area contributed by atoms with E-state index in [0.717, 1.165) is 16.5 Å². The molecule has 1 aromatic carbocycles. The summed E-state index contributed by atoms with van der Waals surface area (Å²) in [6.45, 7) is 0.632. The van der Waals surface area contributed by atoms with Crippen LogP contribution in [0.1, 0.15) is 5.56 Å². The van der Waals surface area contributed by atoms with Crippen molar-refractivity contribution in [3.8, 4) is 0 Å². The molecule has 2 rings (SSSR count). The van der Waals surface area contributed by atoms with E-state index in [2.05, 4.69) is 17.1 Å². The van der Waals surface area contributed by atoms with Gasteiger partial charge >= 0.3 is 0 Å². The van der Waals surface area contributed by atoms with Crippen LogP contribution in [0.3, 0.4) is 0 Å². The third-order valence-electron chi connectivity index (χ3n) is 2.18. The Morgan fingerprint density at radius 3 is 3.07 bits per heavy atom. The van der Waals surface area contributed by atoms with Gasteiger partial charge in [-0.3, -0.25) is 4.98 Å². The van der Waals surface area contributed by atoms with E-state index in [9.17, 15) is 0 Å². The van der Waals surface area contributed by atoms with E-state index < -0.39 is 0 Å². The van der Waals surface area contributed by atoms with Gasteiger partial charge in [0.15, 0.2) is 0 Å². The highest BCUT2D eigenvalue weighted by Crippen LogP contribution is 2.13. The van der Waals surface area contributed by atoms with E-state index in [1.165, 1.54) is 0 Å². The lowest BCUT2D eigenvalue weighted by molar-refractivity contribution is 0.234. The predicted molar refractivity (Wildman–Crippen MR) is 62.7 cm³/mol. The molecule has 0 aliphatic rings. The number of hydrogen-bond donors (Lipinski definition) is 0. The van der Waals surface area contributed by atoms with Crippen molar-refractivity contribution in [1.29, 1.82) is 0 Å². The Hall–Kier alpha value is -1.67. The topological polar surface area (TPSA) is 22.1 Å². The van der Waals surface area contributed by atoms with Crippen molar-refractivity contribution in [3.05, 3.63) is 48.2 Å². The molecular weight excluding hydrogens is 186 g/mol. The molecule has 0 saturated heterocycles. The van der Waals surface area contributed by atoms with E-state index in [1.54, 1.807) is 7.11 Å². The standard InChI is InChI=1S/C13H13NO/c1-15-8-4-5-11-9-12-6-2-3-7-13(12)14-10-11/h2-7,9-10H,8H2,1H3/b5-4-. The van der Waals surface area contributed by atoms with Crippen LogP contribution in [-0.2, 0) is 4.74 Å². The second-order valence-corrected chi connectivity index (χ2v) is 3.32. The highest BCUT2D eigenvalue weighted by molar-refractivity contribution is 5.80. The third kappa shape index (κ3) is 2.42. The third-order valence-corrected chi connectivity index (χ3v) is 2.18. The SMILES string of the molecule is COC/C=C\c1cnc2ccccc2c1. The number of aromatic nitrogens is 1. The van der Waals surface area contributed by atoms with Crippen molar-refractivity contribution >= 4 is 17.0 Å². The summed E-state index contributed by atoms with van der Waals surface area (Å²) < 4.78 is 4.94. The van der Waals surface area contributed by atoms with Crippen LogP contribution < -0.4 is 0 Å². The van der Waals surface area contributed by atoms with Crippen LogP contribution in [0.2, 0.25) is 0 Å². The molecule has 0 unspecified atom stereocenters. The van der Waals surface area contributed by atoms with E-state index in [4.69, 9.17) is 4.74 Å². The molecule has 0 spiro atoms. The van der Waals surface area contributed by atoms with E-state index in [-0.39, 0.29) is 0 Å². The summed E-state index contributed by atoms with van der Waals surface area (Å²) in [7, 11) is 1.68. The monoisotopic (exact) mass is 199 g/mol. The fourth-order valence-electron chi connectivity index (χ4n) is 1.46. The summed E-state index contributed by atoms with van der Waals surface area (Å²) in [6, 6.07) is 10.2. The number of para-hydroxylation sites is 1. The number of nitrogens with zero attached hydrogens (tertiary/aromatic N) is 1. The number of hydrogen-bond acceptors (Lipinski definition) is 2. The first-order chi connectivity index (χ1) is 7.40. The summed E-state index contributed by atoms with van der Waals surface area (Å²) in [4.78, 5) is 4.37. The second kappa shape index (κ2) is 4.71. The fraction of sp³-hybridized carbons (Fsp3) is 0.154. The number of fused-ring (bicyclic) bond motifs is 1. The molecule has 0 atom stereocenters. The lowest BCUT2D eigenvalue weighted by Gasteiger charge is -1.98. The average molecular weight is 199 g/mol. The number of ether oxygens (including phenoxy) is 1. The maximum Gasteiger partial charge on any atom is 0.0702 e. The highest BCUT2D eigenvalue weighted by atomic mass is 16.5. The Morgan fingerprint density at radius 2 is 2.20 bits per heavy atom. The highest BCUT2D eigenvalue weighted by Gasteiger charge is 1.93. The summed E-state index contributed by atoms with van der Waals surface area (Å²) in [6.07, 6.45) is 5.86. The second-order valence-electron chi connectivity index (χ2n) is 3.32. The van der Waals surface area contributed by atoms with Gasteiger partial charge in [0.05, 0.1) is 12.1 Å². The molecule has 76 valence electrons. The summed E-state index contributed by atoms with van der Waals surface area (Å²) >= 11 is 0. The van der Waals surface area contributed by atoms with Crippen LogP contribution in [0.4, 0.5) is 0 Å². The largest absolute Gasteiger partial charge is 0.381 e. The van der Waals surface area contributed by atoms with Gasteiger partial charge in [0.25, 0.3) is 0 Å². The minimum absolute atomic E-state index is 0.632. The quantitative estimate of drug-likeness (QED) is 0.758. The molecule has 2 nitrogen and oxygen atoms in total. The average Bonchev–Trinajstić information content (AvgIpc) is 2.29. The summed E-state index contributed by atoms with van der Waals surface area (Å²) in [5.41, 5.74) is 2.13. The van der Waals surface area contributed by atoms with E-state index in [0.29, 0.717) is 6.61 Å². The zero-order valence-electron chi connectivity index (χ0n) is 8.68. The van der Waals surface area contributed by atoms with Crippen molar-refractivity contribution in [3.63, 3.8) is 0 Å². The Balaban J connectivity index is 2.30. The molecule has 0 N–H and O–H groups in total. The molecule has 15 heavy (non-hydrogen) atoms. The van der Waals surface area contributed by atoms with Gasteiger partial charge in [0, 0.05) is 18.7 Å². The van der Waals surface area contributed by atoms with Gasteiger partial charge in [0.2, 0.25) is 0 Å². The van der Waals surface area contributed by atoms with Gasteiger partial charge in [-0.25, -0.2) is 0 Å². The molecular formula is C13H13NO. The number of methoxy groups -OCH3 is 1. The number of rotatable bonds is 3. The van der Waals surface area contributed by atoms with Crippen molar-refractivity contribution < 1.29 is 4.74 Å². The zero-order chi connectivity index (χ0) is 10.5. The normalized spacial score (nSPS) is 11.3. The van der Waals surface area contributed by atoms with Gasteiger partial charge in [0.1, 0.15) is 0 Å². The number of pyridine rings is 1. The first kappa shape index (κ1) is 9.87. The van der Waals surface area contributed by atoms with Gasteiger partial charge in [-0.2, -0.15) is 0 Å². The smallest absolute Gasteiger partial charge is 0.0702 e. The molecule has 1 heterocycles. The molecule has 0 amide bonds. The molecule has 0 saturated carbocycles. The maximum atomic E-state index is 4.94. The Bertz CT molecular complexity index is 477. The molecule has 0 aliphatic heterocycles. The lowest BCUT2D eigenvalue weighted by Crippen LogP contribution is -1.83. The Labute approximate surface area is 89.2 Å². The molecule has 0 radical (unpaired) electrons. The lowest BCUT2D eigenvalue weighted by atomic mass is 10.1. The first-order valence-corrected chi connectivity index (χ1v) is 4.90. The maximum absolute atomic E-state index is 4.94.